The number of carbonyl (C=O) groups is 1. The molecule has 0 rings (SSSR count). The summed E-state index contributed by atoms with van der Waals surface area (Å²) in [5.74, 6) is -0.901. The Morgan fingerprint density at radius 3 is 2.21 bits per heavy atom. The van der Waals surface area contributed by atoms with Crippen LogP contribution in [0.25, 0.3) is 0 Å². The van der Waals surface area contributed by atoms with Crippen LogP contribution in [-0.2, 0) is 9.53 Å². The smallest absolute Gasteiger partial charge is 0.358 e. The van der Waals surface area contributed by atoms with Gasteiger partial charge < -0.3 is 15.4 Å². The van der Waals surface area contributed by atoms with Gasteiger partial charge in [-0.15, -0.1) is 0 Å². The molecule has 140 valence electrons. The molecule has 0 spiro atoms. The highest BCUT2D eigenvalue weighted by atomic mass is 35.6. The van der Waals surface area contributed by atoms with Crippen molar-refractivity contribution in [3.63, 3.8) is 0 Å². The molecule has 0 saturated carbocycles. The summed E-state index contributed by atoms with van der Waals surface area (Å²) in [5, 5.41) is 15.3. The lowest BCUT2D eigenvalue weighted by atomic mass is 10.1. The molecule has 0 aromatic rings. The number of thiocarbonyl (C=S) groups is 1. The van der Waals surface area contributed by atoms with Crippen LogP contribution >= 0.6 is 47.0 Å². The number of alkyl halides is 3. The van der Waals surface area contributed by atoms with Crippen LogP contribution in [0.3, 0.4) is 0 Å². The number of azo groups is 1. The van der Waals surface area contributed by atoms with Gasteiger partial charge in [-0.25, -0.2) is 4.79 Å². The van der Waals surface area contributed by atoms with Crippen molar-refractivity contribution in [3.8, 4) is 0 Å². The summed E-state index contributed by atoms with van der Waals surface area (Å²) in [6, 6.07) is 0. The number of esters is 1. The van der Waals surface area contributed by atoms with Crippen LogP contribution in [0.2, 0.25) is 0 Å². The summed E-state index contributed by atoms with van der Waals surface area (Å²) in [6.45, 7) is 10.4. The molecule has 0 aliphatic rings. The van der Waals surface area contributed by atoms with Gasteiger partial charge in [0.25, 0.3) is 3.79 Å². The van der Waals surface area contributed by atoms with Gasteiger partial charge in [-0.3, -0.25) is 0 Å². The third-order valence-electron chi connectivity index (χ3n) is 2.56. The van der Waals surface area contributed by atoms with Crippen molar-refractivity contribution >= 4 is 58.1 Å². The maximum Gasteiger partial charge on any atom is 0.358 e. The summed E-state index contributed by atoms with van der Waals surface area (Å²) >= 11 is 21.5. The predicted molar refractivity (Wildman–Crippen MR) is 103 cm³/mol. The second-order valence-electron chi connectivity index (χ2n) is 6.37. The second-order valence-corrected chi connectivity index (χ2v) is 9.06. The van der Waals surface area contributed by atoms with E-state index in [0.29, 0.717) is 24.5 Å². The van der Waals surface area contributed by atoms with Gasteiger partial charge in [-0.2, -0.15) is 10.2 Å². The van der Waals surface area contributed by atoms with E-state index < -0.39 is 15.4 Å². The quantitative estimate of drug-likeness (QED) is 0.213. The number of nitrogens with one attached hydrogen (secondary N) is 2. The second kappa shape index (κ2) is 9.94. The maximum absolute atomic E-state index is 11.4. The molecule has 0 amide bonds. The molecule has 6 nitrogen and oxygen atoms in total. The fourth-order valence-corrected chi connectivity index (χ4v) is 2.04. The van der Waals surface area contributed by atoms with Crippen molar-refractivity contribution in [2.45, 2.75) is 62.5 Å². The number of halogens is 3. The number of hydrogen-bond donors (Lipinski definition) is 2. The molecule has 0 bridgehead atoms. The molecule has 24 heavy (non-hydrogen) atoms. The van der Waals surface area contributed by atoms with E-state index in [1.807, 2.05) is 34.6 Å². The Hall–Kier alpha value is -0.370. The van der Waals surface area contributed by atoms with Gasteiger partial charge in [-0.1, -0.05) is 34.8 Å². The van der Waals surface area contributed by atoms with E-state index >= 15 is 0 Å². The van der Waals surface area contributed by atoms with Gasteiger partial charge in [0.15, 0.2) is 5.11 Å². The number of carbonyl (C=O) groups excluding carboxylic acids is 1. The number of hydrogen-bond acceptors (Lipinski definition) is 5. The minimum Gasteiger partial charge on any atom is -0.463 e. The van der Waals surface area contributed by atoms with Crippen molar-refractivity contribution in [2.75, 3.05) is 13.2 Å². The van der Waals surface area contributed by atoms with Gasteiger partial charge in [0, 0.05) is 6.54 Å². The summed E-state index contributed by atoms with van der Waals surface area (Å²) in [5.41, 5.74) is -1.05. The van der Waals surface area contributed by atoms with Crippen LogP contribution in [0.4, 0.5) is 0 Å². The van der Waals surface area contributed by atoms with Crippen molar-refractivity contribution in [3.05, 3.63) is 0 Å². The van der Waals surface area contributed by atoms with Crippen molar-refractivity contribution in [1.29, 1.82) is 0 Å². The van der Waals surface area contributed by atoms with Gasteiger partial charge in [-0.05, 0) is 59.7 Å². The fraction of sp³-hybridized carbons (Fsp3) is 0.857. The highest BCUT2D eigenvalue weighted by Crippen LogP contribution is 2.27. The van der Waals surface area contributed by atoms with Crippen LogP contribution < -0.4 is 10.6 Å². The predicted octanol–water partition coefficient (Wildman–Crippen LogP) is 4.13. The molecule has 10 heteroatoms. The third-order valence-corrected chi connectivity index (χ3v) is 3.27. The van der Waals surface area contributed by atoms with Gasteiger partial charge >= 0.3 is 5.97 Å². The van der Waals surface area contributed by atoms with Gasteiger partial charge in [0.05, 0.1) is 12.1 Å². The van der Waals surface area contributed by atoms with Gasteiger partial charge in [0.2, 0.25) is 0 Å². The Labute approximate surface area is 164 Å². The first-order chi connectivity index (χ1) is 10.8. The average Bonchev–Trinajstić information content (AvgIpc) is 2.40. The summed E-state index contributed by atoms with van der Waals surface area (Å²) in [4.78, 5) is 11.4. The van der Waals surface area contributed by atoms with Crippen LogP contribution in [-0.4, -0.2) is 39.2 Å². The molecule has 0 aromatic heterocycles. The molecule has 0 saturated heterocycles. The normalized spacial score (nSPS) is 15.0. The van der Waals surface area contributed by atoms with E-state index in [1.54, 1.807) is 0 Å². The van der Waals surface area contributed by atoms with E-state index in [0.717, 1.165) is 0 Å². The molecule has 1 unspecified atom stereocenters. The molecule has 0 radical (unpaired) electrons. The molecule has 0 aliphatic carbocycles. The highest BCUT2D eigenvalue weighted by Gasteiger charge is 2.33. The zero-order valence-electron chi connectivity index (χ0n) is 14.6. The lowest BCUT2D eigenvalue weighted by molar-refractivity contribution is -0.142. The van der Waals surface area contributed by atoms with Crippen LogP contribution in [0, 0.1) is 0 Å². The summed E-state index contributed by atoms with van der Waals surface area (Å²) in [6.07, 6.45) is 1.01. The first-order valence-electron chi connectivity index (χ1n) is 7.53. The van der Waals surface area contributed by atoms with Crippen molar-refractivity contribution in [1.82, 2.24) is 10.6 Å². The lowest BCUT2D eigenvalue weighted by Crippen LogP contribution is -2.49. The minimum atomic E-state index is -2.07. The van der Waals surface area contributed by atoms with Crippen molar-refractivity contribution in [2.24, 2.45) is 10.2 Å². The molecule has 0 aromatic carbocycles. The molecule has 0 heterocycles. The largest absolute Gasteiger partial charge is 0.463 e. The fourth-order valence-electron chi connectivity index (χ4n) is 1.51. The highest BCUT2D eigenvalue weighted by molar-refractivity contribution is 7.80. The van der Waals surface area contributed by atoms with E-state index in [2.05, 4.69) is 20.9 Å². The number of rotatable bonds is 7. The standard InChI is InChI=1S/C14H25Cl3N4O2S/c1-6-18-11(24)19-13(5,21-20-12(2,3)4)8-7-9-23-10(22)14(15,16)17/h6-9H2,1-5H3,(H2,18,19,24)/b21-20+. The molecule has 1 atom stereocenters. The van der Waals surface area contributed by atoms with Gasteiger partial charge in [0.1, 0.15) is 5.66 Å². The van der Waals surface area contributed by atoms with Crippen LogP contribution in [0.15, 0.2) is 10.2 Å². The molecular weight excluding hydrogens is 395 g/mol. The Morgan fingerprint density at radius 2 is 1.75 bits per heavy atom. The van der Waals surface area contributed by atoms with E-state index in [-0.39, 0.29) is 12.1 Å². The third kappa shape index (κ3) is 11.2. The average molecular weight is 420 g/mol. The zero-order chi connectivity index (χ0) is 19.0. The number of nitrogens with zero attached hydrogens (tertiary/aromatic N) is 2. The van der Waals surface area contributed by atoms with Crippen LogP contribution in [0.5, 0.6) is 0 Å². The Balaban J connectivity index is 4.74. The Bertz CT molecular complexity index is 464. The Morgan fingerprint density at radius 1 is 1.17 bits per heavy atom. The molecular formula is C14H25Cl3N4O2S. The number of ether oxygens (including phenoxy) is 1. The maximum atomic E-state index is 11.4. The summed E-state index contributed by atoms with van der Waals surface area (Å²) < 4.78 is 2.85. The Kier molecular flexibility index (Phi) is 9.79. The molecule has 2 N–H and O–H groups in total. The van der Waals surface area contributed by atoms with Crippen LogP contribution in [0.1, 0.15) is 47.5 Å². The van der Waals surface area contributed by atoms with E-state index in [1.165, 1.54) is 0 Å². The minimum absolute atomic E-state index is 0.100. The first-order valence-corrected chi connectivity index (χ1v) is 9.07. The first kappa shape index (κ1) is 23.6. The SMILES string of the molecule is CCNC(=S)NC(C)(CCCOC(=O)C(Cl)(Cl)Cl)/N=N/C(C)(C)C. The van der Waals surface area contributed by atoms with E-state index in [9.17, 15) is 4.79 Å². The molecule has 0 aliphatic heterocycles. The monoisotopic (exact) mass is 418 g/mol. The lowest BCUT2D eigenvalue weighted by Gasteiger charge is -2.28. The topological polar surface area (TPSA) is 75.1 Å². The van der Waals surface area contributed by atoms with Crippen molar-refractivity contribution < 1.29 is 9.53 Å². The zero-order valence-corrected chi connectivity index (χ0v) is 17.7. The summed E-state index contributed by atoms with van der Waals surface area (Å²) in [7, 11) is 0. The molecule has 0 fully saturated rings. The van der Waals surface area contributed by atoms with E-state index in [4.69, 9.17) is 51.8 Å².